The van der Waals surface area contributed by atoms with Crippen LogP contribution in [0.2, 0.25) is 0 Å². The van der Waals surface area contributed by atoms with Crippen LogP contribution in [-0.2, 0) is 0 Å². The fourth-order valence-corrected chi connectivity index (χ4v) is 2.49. The molecule has 0 heterocycles. The van der Waals surface area contributed by atoms with Crippen LogP contribution < -0.4 is 10.6 Å². The summed E-state index contributed by atoms with van der Waals surface area (Å²) in [5.74, 6) is 0.799. The van der Waals surface area contributed by atoms with Gasteiger partial charge in [-0.3, -0.25) is 0 Å². The maximum Gasteiger partial charge on any atom is 0.314 e. The molecule has 110 valence electrons. The van der Waals surface area contributed by atoms with E-state index in [0.717, 1.165) is 30.0 Å². The van der Waals surface area contributed by atoms with E-state index in [1.54, 1.807) is 0 Å². The average molecular weight is 276 g/mol. The Morgan fingerprint density at radius 3 is 2.75 bits per heavy atom. The lowest BCUT2D eigenvalue weighted by Gasteiger charge is -2.25. The number of nitrogens with one attached hydrogen (secondary N) is 2. The monoisotopic (exact) mass is 276 g/mol. The predicted molar refractivity (Wildman–Crippen MR) is 79.5 cm³/mol. The second-order valence-electron chi connectivity index (χ2n) is 5.59. The molecule has 1 fully saturated rings. The van der Waals surface area contributed by atoms with Crippen molar-refractivity contribution in [3.8, 4) is 0 Å². The maximum atomic E-state index is 11.6. The fraction of sp³-hybridized carbons (Fsp3) is 0.562. The van der Waals surface area contributed by atoms with Gasteiger partial charge in [0.1, 0.15) is 0 Å². The number of aliphatic hydroxyl groups excluding tert-OH is 1. The van der Waals surface area contributed by atoms with Gasteiger partial charge in [0.15, 0.2) is 0 Å². The zero-order valence-electron chi connectivity index (χ0n) is 12.1. The third-order valence-electron chi connectivity index (χ3n) is 4.07. The van der Waals surface area contributed by atoms with Crippen LogP contribution in [0.15, 0.2) is 24.3 Å². The van der Waals surface area contributed by atoms with E-state index in [0.29, 0.717) is 0 Å². The molecule has 20 heavy (non-hydrogen) atoms. The van der Waals surface area contributed by atoms with E-state index < -0.39 is 6.10 Å². The van der Waals surface area contributed by atoms with Crippen molar-refractivity contribution in [1.82, 2.24) is 10.6 Å². The molecule has 2 amide bonds. The number of hydrogen-bond acceptors (Lipinski definition) is 2. The Morgan fingerprint density at radius 2 is 2.10 bits per heavy atom. The summed E-state index contributed by atoms with van der Waals surface area (Å²) >= 11 is 0. The SMILES string of the molecule is Cc1ccccc1C(O)CNC(=O)NCCC1CCC1. The zero-order valence-corrected chi connectivity index (χ0v) is 12.1. The van der Waals surface area contributed by atoms with Crippen LogP contribution in [0, 0.1) is 12.8 Å². The summed E-state index contributed by atoms with van der Waals surface area (Å²) in [6.07, 6.45) is 4.34. The van der Waals surface area contributed by atoms with Gasteiger partial charge >= 0.3 is 6.03 Å². The molecule has 0 spiro atoms. The molecule has 0 bridgehead atoms. The Bertz CT molecular complexity index is 444. The van der Waals surface area contributed by atoms with Gasteiger partial charge in [-0.25, -0.2) is 4.79 Å². The van der Waals surface area contributed by atoms with Crippen LogP contribution in [0.3, 0.4) is 0 Å². The highest BCUT2D eigenvalue weighted by atomic mass is 16.3. The molecule has 1 aromatic carbocycles. The van der Waals surface area contributed by atoms with Gasteiger partial charge in [-0.15, -0.1) is 0 Å². The van der Waals surface area contributed by atoms with Gasteiger partial charge in [0.2, 0.25) is 0 Å². The van der Waals surface area contributed by atoms with Crippen molar-refractivity contribution >= 4 is 6.03 Å². The lowest BCUT2D eigenvalue weighted by Crippen LogP contribution is -2.39. The highest BCUT2D eigenvalue weighted by Gasteiger charge is 2.17. The van der Waals surface area contributed by atoms with Crippen molar-refractivity contribution in [3.05, 3.63) is 35.4 Å². The summed E-state index contributed by atoms with van der Waals surface area (Å²) in [4.78, 5) is 11.6. The smallest absolute Gasteiger partial charge is 0.314 e. The first-order valence-corrected chi connectivity index (χ1v) is 7.42. The van der Waals surface area contributed by atoms with E-state index in [1.807, 2.05) is 31.2 Å². The van der Waals surface area contributed by atoms with E-state index in [9.17, 15) is 9.90 Å². The molecule has 1 atom stereocenters. The summed E-state index contributed by atoms with van der Waals surface area (Å²) < 4.78 is 0. The van der Waals surface area contributed by atoms with Gasteiger partial charge in [-0.2, -0.15) is 0 Å². The first-order chi connectivity index (χ1) is 9.66. The van der Waals surface area contributed by atoms with Crippen molar-refractivity contribution < 1.29 is 9.90 Å². The summed E-state index contributed by atoms with van der Waals surface area (Å²) in [5.41, 5.74) is 1.90. The van der Waals surface area contributed by atoms with Gasteiger partial charge in [0.25, 0.3) is 0 Å². The highest BCUT2D eigenvalue weighted by molar-refractivity contribution is 5.73. The Balaban J connectivity index is 1.66. The van der Waals surface area contributed by atoms with E-state index in [2.05, 4.69) is 10.6 Å². The molecule has 1 unspecified atom stereocenters. The van der Waals surface area contributed by atoms with Crippen LogP contribution >= 0.6 is 0 Å². The van der Waals surface area contributed by atoms with Crippen molar-refractivity contribution in [1.29, 1.82) is 0 Å². The third-order valence-corrected chi connectivity index (χ3v) is 4.07. The molecule has 0 radical (unpaired) electrons. The molecule has 1 aliphatic rings. The van der Waals surface area contributed by atoms with Crippen LogP contribution in [-0.4, -0.2) is 24.2 Å². The molecule has 0 saturated heterocycles. The van der Waals surface area contributed by atoms with Crippen molar-refractivity contribution in [2.75, 3.05) is 13.1 Å². The van der Waals surface area contributed by atoms with E-state index in [1.165, 1.54) is 19.3 Å². The van der Waals surface area contributed by atoms with Gasteiger partial charge in [0, 0.05) is 13.1 Å². The maximum absolute atomic E-state index is 11.6. The lowest BCUT2D eigenvalue weighted by atomic mass is 9.83. The molecule has 0 aliphatic heterocycles. The number of aryl methyl sites for hydroxylation is 1. The number of amides is 2. The molecular formula is C16H24N2O2. The van der Waals surface area contributed by atoms with Gasteiger partial charge in [-0.05, 0) is 30.4 Å². The molecule has 1 saturated carbocycles. The van der Waals surface area contributed by atoms with E-state index in [4.69, 9.17) is 0 Å². The van der Waals surface area contributed by atoms with Gasteiger partial charge < -0.3 is 15.7 Å². The quantitative estimate of drug-likeness (QED) is 0.747. The van der Waals surface area contributed by atoms with E-state index in [-0.39, 0.29) is 12.6 Å². The van der Waals surface area contributed by atoms with Crippen LogP contribution in [0.4, 0.5) is 4.79 Å². The number of hydrogen-bond donors (Lipinski definition) is 3. The van der Waals surface area contributed by atoms with E-state index >= 15 is 0 Å². The molecule has 4 nitrogen and oxygen atoms in total. The number of carbonyl (C=O) groups excluding carboxylic acids is 1. The predicted octanol–water partition coefficient (Wildman–Crippen LogP) is 2.52. The van der Waals surface area contributed by atoms with Crippen LogP contribution in [0.1, 0.15) is 42.9 Å². The number of benzene rings is 1. The van der Waals surface area contributed by atoms with Crippen molar-refractivity contribution in [2.45, 2.75) is 38.7 Å². The summed E-state index contributed by atoms with van der Waals surface area (Å²) in [7, 11) is 0. The van der Waals surface area contributed by atoms with Crippen LogP contribution in [0.5, 0.6) is 0 Å². The minimum Gasteiger partial charge on any atom is -0.387 e. The first-order valence-electron chi connectivity index (χ1n) is 7.42. The van der Waals surface area contributed by atoms with Gasteiger partial charge in [-0.1, -0.05) is 43.5 Å². The molecule has 0 aromatic heterocycles. The molecule has 4 heteroatoms. The second kappa shape index (κ2) is 7.29. The summed E-state index contributed by atoms with van der Waals surface area (Å²) in [6, 6.07) is 7.47. The van der Waals surface area contributed by atoms with Crippen molar-refractivity contribution in [2.24, 2.45) is 5.92 Å². The Kier molecular flexibility index (Phi) is 5.41. The fourth-order valence-electron chi connectivity index (χ4n) is 2.49. The highest BCUT2D eigenvalue weighted by Crippen LogP contribution is 2.28. The minimum atomic E-state index is -0.659. The second-order valence-corrected chi connectivity index (χ2v) is 5.59. The molecule has 2 rings (SSSR count). The Morgan fingerprint density at radius 1 is 1.35 bits per heavy atom. The third kappa shape index (κ3) is 4.23. The number of carbonyl (C=O) groups is 1. The summed E-state index contributed by atoms with van der Waals surface area (Å²) in [6.45, 7) is 2.91. The minimum absolute atomic E-state index is 0.197. The van der Waals surface area contributed by atoms with Gasteiger partial charge in [0.05, 0.1) is 6.10 Å². The standard InChI is InChI=1S/C16H24N2O2/c1-12-5-2-3-8-14(12)15(19)11-18-16(20)17-10-9-13-6-4-7-13/h2-3,5,8,13,15,19H,4,6-7,9-11H2,1H3,(H2,17,18,20). The topological polar surface area (TPSA) is 61.4 Å². The molecule has 1 aromatic rings. The molecular weight excluding hydrogens is 252 g/mol. The number of aliphatic hydroxyl groups is 1. The average Bonchev–Trinajstić information content (AvgIpc) is 2.39. The molecule has 3 N–H and O–H groups in total. The number of rotatable bonds is 6. The Labute approximate surface area is 120 Å². The number of urea groups is 1. The largest absolute Gasteiger partial charge is 0.387 e. The summed E-state index contributed by atoms with van der Waals surface area (Å²) in [5, 5.41) is 15.6. The Hall–Kier alpha value is -1.55. The normalized spacial score (nSPS) is 16.3. The molecule has 1 aliphatic carbocycles. The lowest BCUT2D eigenvalue weighted by molar-refractivity contribution is 0.172. The van der Waals surface area contributed by atoms with Crippen LogP contribution in [0.25, 0.3) is 0 Å². The van der Waals surface area contributed by atoms with Crippen molar-refractivity contribution in [3.63, 3.8) is 0 Å². The zero-order chi connectivity index (χ0) is 14.4. The first kappa shape index (κ1) is 14.9.